The van der Waals surface area contributed by atoms with Gasteiger partial charge in [-0.05, 0) is 18.2 Å². The smallest absolute Gasteiger partial charge is 0.247 e. The molecule has 0 amide bonds. The SMILES string of the molecule is Nc1nc(OC/C=C/COI)c2ncn(C3=C/C=C\C=C/C=C\3)c2n1. The van der Waals surface area contributed by atoms with Crippen molar-refractivity contribution in [2.24, 2.45) is 0 Å². The van der Waals surface area contributed by atoms with Gasteiger partial charge in [-0.1, -0.05) is 36.5 Å². The molecule has 2 aromatic heterocycles. The second-order valence-electron chi connectivity index (χ2n) is 4.95. The van der Waals surface area contributed by atoms with Crippen LogP contribution in [0.1, 0.15) is 0 Å². The van der Waals surface area contributed by atoms with Gasteiger partial charge in [0.25, 0.3) is 0 Å². The summed E-state index contributed by atoms with van der Waals surface area (Å²) in [5, 5.41) is 0. The van der Waals surface area contributed by atoms with Gasteiger partial charge in [0.05, 0.1) is 6.61 Å². The van der Waals surface area contributed by atoms with Crippen molar-refractivity contribution in [1.82, 2.24) is 19.5 Å². The number of halogens is 1. The summed E-state index contributed by atoms with van der Waals surface area (Å²) in [6, 6.07) is 0. The fourth-order valence-corrected chi connectivity index (χ4v) is 2.40. The van der Waals surface area contributed by atoms with Crippen LogP contribution in [0.2, 0.25) is 0 Å². The van der Waals surface area contributed by atoms with E-state index >= 15 is 0 Å². The van der Waals surface area contributed by atoms with Crippen LogP contribution in [0.15, 0.2) is 61.0 Å². The molecule has 0 bridgehead atoms. The molecule has 0 saturated carbocycles. The van der Waals surface area contributed by atoms with E-state index < -0.39 is 0 Å². The minimum absolute atomic E-state index is 0.134. The minimum atomic E-state index is 0.134. The molecule has 1 aliphatic rings. The van der Waals surface area contributed by atoms with Gasteiger partial charge < -0.3 is 13.5 Å². The van der Waals surface area contributed by atoms with Crippen molar-refractivity contribution in [1.29, 1.82) is 0 Å². The van der Waals surface area contributed by atoms with E-state index in [-0.39, 0.29) is 5.95 Å². The van der Waals surface area contributed by atoms with E-state index in [4.69, 9.17) is 13.5 Å². The van der Waals surface area contributed by atoms with E-state index in [1.54, 1.807) is 6.33 Å². The first-order chi connectivity index (χ1) is 12.3. The van der Waals surface area contributed by atoms with Gasteiger partial charge in [0.15, 0.2) is 11.2 Å². The highest BCUT2D eigenvalue weighted by atomic mass is 127. The fourth-order valence-electron chi connectivity index (χ4n) is 2.20. The Morgan fingerprint density at radius 3 is 2.76 bits per heavy atom. The van der Waals surface area contributed by atoms with Gasteiger partial charge in [0.2, 0.25) is 11.8 Å². The lowest BCUT2D eigenvalue weighted by molar-refractivity contribution is 0.351. The van der Waals surface area contributed by atoms with Crippen LogP contribution in [0.3, 0.4) is 0 Å². The molecule has 3 rings (SSSR count). The summed E-state index contributed by atoms with van der Waals surface area (Å²) in [4.78, 5) is 12.9. The van der Waals surface area contributed by atoms with E-state index in [0.29, 0.717) is 30.3 Å². The molecule has 0 unspecified atom stereocenters. The highest BCUT2D eigenvalue weighted by molar-refractivity contribution is 14.1. The molecule has 0 aromatic carbocycles. The average Bonchev–Trinajstić information content (AvgIpc) is 2.98. The van der Waals surface area contributed by atoms with E-state index in [1.807, 2.05) is 82.3 Å². The summed E-state index contributed by atoms with van der Waals surface area (Å²) < 4.78 is 12.4. The molecule has 1 aliphatic carbocycles. The van der Waals surface area contributed by atoms with Crippen molar-refractivity contribution in [2.45, 2.75) is 0 Å². The number of hydrogen-bond donors (Lipinski definition) is 1. The van der Waals surface area contributed by atoms with Gasteiger partial charge in [-0.2, -0.15) is 9.97 Å². The summed E-state index contributed by atoms with van der Waals surface area (Å²) in [7, 11) is 0. The Labute approximate surface area is 158 Å². The van der Waals surface area contributed by atoms with Gasteiger partial charge >= 0.3 is 0 Å². The number of anilines is 1. The third-order valence-corrected chi connectivity index (χ3v) is 3.64. The van der Waals surface area contributed by atoms with Gasteiger partial charge in [-0.3, -0.25) is 4.57 Å². The monoisotopic (exact) mass is 449 g/mol. The first-order valence-corrected chi connectivity index (χ1v) is 8.41. The predicted molar refractivity (Wildman–Crippen MR) is 106 cm³/mol. The Bertz CT molecular complexity index is 896. The Balaban J connectivity index is 1.93. The zero-order valence-electron chi connectivity index (χ0n) is 13.2. The molecule has 2 heterocycles. The van der Waals surface area contributed by atoms with Crippen LogP contribution < -0.4 is 10.5 Å². The summed E-state index contributed by atoms with van der Waals surface area (Å²) in [6.07, 6.45) is 19.1. The maximum absolute atomic E-state index is 5.85. The molecule has 2 aromatic rings. The summed E-state index contributed by atoms with van der Waals surface area (Å²) in [6.45, 7) is 0.858. The van der Waals surface area contributed by atoms with Gasteiger partial charge in [-0.15, -0.1) is 0 Å². The third kappa shape index (κ3) is 4.34. The van der Waals surface area contributed by atoms with Crippen LogP contribution in [0.4, 0.5) is 5.95 Å². The van der Waals surface area contributed by atoms with E-state index in [1.165, 1.54) is 0 Å². The van der Waals surface area contributed by atoms with Crippen molar-refractivity contribution >= 4 is 45.8 Å². The van der Waals surface area contributed by atoms with Crippen LogP contribution in [-0.4, -0.2) is 32.7 Å². The fraction of sp³-hybridized carbons (Fsp3) is 0.118. The second kappa shape index (κ2) is 8.58. The first kappa shape index (κ1) is 17.4. The maximum atomic E-state index is 5.85. The molecule has 8 heteroatoms. The Kier molecular flexibility index (Phi) is 5.96. The molecule has 0 aliphatic heterocycles. The molecule has 2 N–H and O–H groups in total. The molecule has 0 atom stereocenters. The molecule has 25 heavy (non-hydrogen) atoms. The van der Waals surface area contributed by atoms with Crippen molar-refractivity contribution in [3.63, 3.8) is 0 Å². The number of rotatable bonds is 6. The lowest BCUT2D eigenvalue weighted by Gasteiger charge is -2.07. The normalized spacial score (nSPS) is 20.0. The Morgan fingerprint density at radius 2 is 1.88 bits per heavy atom. The summed E-state index contributed by atoms with van der Waals surface area (Å²) >= 11 is 1.83. The van der Waals surface area contributed by atoms with Crippen molar-refractivity contribution in [2.75, 3.05) is 18.9 Å². The number of nitrogens with zero attached hydrogens (tertiary/aromatic N) is 4. The number of aromatic nitrogens is 4. The number of allylic oxidation sites excluding steroid dienone is 8. The van der Waals surface area contributed by atoms with Gasteiger partial charge in [0, 0.05) is 5.70 Å². The molecule has 0 saturated heterocycles. The summed E-state index contributed by atoms with van der Waals surface area (Å²) in [5.41, 5.74) is 7.91. The Morgan fingerprint density at radius 1 is 1.08 bits per heavy atom. The van der Waals surface area contributed by atoms with E-state index in [0.717, 1.165) is 5.70 Å². The number of nitrogens with two attached hydrogens (primary N) is 1. The van der Waals surface area contributed by atoms with E-state index in [2.05, 4.69) is 15.0 Å². The van der Waals surface area contributed by atoms with Crippen LogP contribution in [0.25, 0.3) is 16.9 Å². The number of ether oxygens (including phenoxy) is 1. The van der Waals surface area contributed by atoms with Crippen molar-refractivity contribution in [3.8, 4) is 5.88 Å². The highest BCUT2D eigenvalue weighted by Gasteiger charge is 2.14. The second-order valence-corrected chi connectivity index (χ2v) is 5.58. The molecule has 0 spiro atoms. The standard InChI is InChI=1S/C17H16IN5O2/c18-25-11-7-6-10-24-16-14-15(21-17(19)22-16)23(12-20-14)13-8-4-2-1-3-5-9-13/h1-9,12H,10-11H2,(H2,19,21,22)/b2-1-,3-1?,4-2?,5-3-,7-6+,8-4-,9-5?,13-8?,13-9+. The molecular formula is C17H16IN5O2. The molecule has 0 fully saturated rings. The van der Waals surface area contributed by atoms with Crippen molar-refractivity contribution < 1.29 is 7.80 Å². The molecule has 7 nitrogen and oxygen atoms in total. The predicted octanol–water partition coefficient (Wildman–Crippen LogP) is 3.23. The maximum Gasteiger partial charge on any atom is 0.247 e. The summed E-state index contributed by atoms with van der Waals surface area (Å²) in [5.74, 6) is 0.488. The number of hydrogen-bond acceptors (Lipinski definition) is 6. The average molecular weight is 449 g/mol. The number of fused-ring (bicyclic) bond motifs is 1. The highest BCUT2D eigenvalue weighted by Crippen LogP contribution is 2.24. The van der Waals surface area contributed by atoms with Crippen LogP contribution in [-0.2, 0) is 3.07 Å². The largest absolute Gasteiger partial charge is 0.472 e. The van der Waals surface area contributed by atoms with E-state index in [9.17, 15) is 0 Å². The molecule has 0 radical (unpaired) electrons. The zero-order chi connectivity index (χ0) is 17.5. The first-order valence-electron chi connectivity index (χ1n) is 7.53. The number of imidazole rings is 1. The van der Waals surface area contributed by atoms with Crippen LogP contribution in [0.5, 0.6) is 5.88 Å². The third-order valence-electron chi connectivity index (χ3n) is 3.28. The van der Waals surface area contributed by atoms with Crippen LogP contribution in [0, 0.1) is 0 Å². The van der Waals surface area contributed by atoms with Gasteiger partial charge in [0.1, 0.15) is 35.9 Å². The minimum Gasteiger partial charge on any atom is -0.472 e. The molecule has 128 valence electrons. The van der Waals surface area contributed by atoms with Crippen LogP contribution >= 0.6 is 23.0 Å². The topological polar surface area (TPSA) is 88.1 Å². The Hall–Kier alpha value is -2.46. The molecular weight excluding hydrogens is 433 g/mol. The number of nitrogen functional groups attached to an aromatic ring is 1. The van der Waals surface area contributed by atoms with Crippen molar-refractivity contribution in [3.05, 3.63) is 61.0 Å². The lowest BCUT2D eigenvalue weighted by atomic mass is 10.2. The lowest BCUT2D eigenvalue weighted by Crippen LogP contribution is -2.04. The zero-order valence-corrected chi connectivity index (χ0v) is 15.4. The van der Waals surface area contributed by atoms with Gasteiger partial charge in [-0.25, -0.2) is 4.98 Å². The quantitative estimate of drug-likeness (QED) is 0.538.